The maximum Gasteiger partial charge on any atom is 0.213 e. The standard InChI is InChI=1S/C14H16N2O/c15-10-13-6-7-14(16-11-13)17-9-8-12-4-2-1-3-5-12/h1-7,11H,8-10,15H2. The molecule has 0 radical (unpaired) electrons. The first kappa shape index (κ1) is 11.6. The molecule has 3 nitrogen and oxygen atoms in total. The molecule has 0 saturated carbocycles. The second kappa shape index (κ2) is 6.01. The van der Waals surface area contributed by atoms with Gasteiger partial charge in [-0.15, -0.1) is 0 Å². The van der Waals surface area contributed by atoms with Gasteiger partial charge in [0.15, 0.2) is 0 Å². The van der Waals surface area contributed by atoms with Crippen LogP contribution in [0.2, 0.25) is 0 Å². The Morgan fingerprint density at radius 1 is 1.00 bits per heavy atom. The second-order valence-corrected chi connectivity index (χ2v) is 3.79. The summed E-state index contributed by atoms with van der Waals surface area (Å²) < 4.78 is 5.56. The van der Waals surface area contributed by atoms with Crippen molar-refractivity contribution < 1.29 is 4.74 Å². The van der Waals surface area contributed by atoms with Crippen LogP contribution in [0.1, 0.15) is 11.1 Å². The Hall–Kier alpha value is -1.87. The lowest BCUT2D eigenvalue weighted by atomic mass is 10.2. The van der Waals surface area contributed by atoms with Gasteiger partial charge >= 0.3 is 0 Å². The van der Waals surface area contributed by atoms with E-state index in [1.165, 1.54) is 5.56 Å². The smallest absolute Gasteiger partial charge is 0.213 e. The van der Waals surface area contributed by atoms with Crippen LogP contribution in [0.4, 0.5) is 0 Å². The van der Waals surface area contributed by atoms with E-state index in [-0.39, 0.29) is 0 Å². The topological polar surface area (TPSA) is 48.1 Å². The van der Waals surface area contributed by atoms with Gasteiger partial charge in [0.25, 0.3) is 0 Å². The Bertz CT molecular complexity index is 440. The zero-order valence-electron chi connectivity index (χ0n) is 9.67. The second-order valence-electron chi connectivity index (χ2n) is 3.79. The highest BCUT2D eigenvalue weighted by Gasteiger charge is 1.96. The number of rotatable bonds is 5. The summed E-state index contributed by atoms with van der Waals surface area (Å²) in [7, 11) is 0. The Morgan fingerprint density at radius 2 is 1.82 bits per heavy atom. The van der Waals surface area contributed by atoms with Crippen LogP contribution in [0, 0.1) is 0 Å². The van der Waals surface area contributed by atoms with Crippen molar-refractivity contribution in [3.05, 3.63) is 59.8 Å². The number of ether oxygens (including phenoxy) is 1. The van der Waals surface area contributed by atoms with Gasteiger partial charge in [0.2, 0.25) is 5.88 Å². The van der Waals surface area contributed by atoms with E-state index >= 15 is 0 Å². The van der Waals surface area contributed by atoms with Gasteiger partial charge in [-0.25, -0.2) is 4.98 Å². The zero-order chi connectivity index (χ0) is 11.9. The summed E-state index contributed by atoms with van der Waals surface area (Å²) in [6.07, 6.45) is 2.64. The number of pyridine rings is 1. The summed E-state index contributed by atoms with van der Waals surface area (Å²) in [5.74, 6) is 0.651. The maximum absolute atomic E-state index is 5.56. The van der Waals surface area contributed by atoms with Crippen LogP contribution < -0.4 is 10.5 Å². The molecule has 17 heavy (non-hydrogen) atoms. The number of hydrogen-bond acceptors (Lipinski definition) is 3. The molecule has 0 atom stereocenters. The number of aromatic nitrogens is 1. The van der Waals surface area contributed by atoms with E-state index < -0.39 is 0 Å². The molecule has 0 bridgehead atoms. The van der Waals surface area contributed by atoms with Crippen molar-refractivity contribution in [2.24, 2.45) is 5.73 Å². The number of nitrogens with two attached hydrogens (primary N) is 1. The molecule has 0 unspecified atom stereocenters. The minimum Gasteiger partial charge on any atom is -0.477 e. The molecule has 88 valence electrons. The highest BCUT2D eigenvalue weighted by atomic mass is 16.5. The van der Waals surface area contributed by atoms with E-state index in [1.54, 1.807) is 6.20 Å². The highest BCUT2D eigenvalue weighted by molar-refractivity contribution is 5.18. The van der Waals surface area contributed by atoms with E-state index in [4.69, 9.17) is 10.5 Å². The fourth-order valence-electron chi connectivity index (χ4n) is 1.54. The van der Waals surface area contributed by atoms with E-state index in [0.29, 0.717) is 19.0 Å². The van der Waals surface area contributed by atoms with E-state index in [1.807, 2.05) is 30.3 Å². The first-order valence-corrected chi connectivity index (χ1v) is 5.70. The Morgan fingerprint density at radius 3 is 2.47 bits per heavy atom. The van der Waals surface area contributed by atoms with E-state index in [2.05, 4.69) is 17.1 Å². The maximum atomic E-state index is 5.56. The molecule has 3 heteroatoms. The Labute approximate surface area is 101 Å². The molecule has 0 aliphatic rings. The van der Waals surface area contributed by atoms with Crippen molar-refractivity contribution in [3.8, 4) is 5.88 Å². The molecule has 2 aromatic rings. The largest absolute Gasteiger partial charge is 0.477 e. The number of hydrogen-bond donors (Lipinski definition) is 1. The third-order valence-electron chi connectivity index (χ3n) is 2.52. The molecule has 2 N–H and O–H groups in total. The summed E-state index contributed by atoms with van der Waals surface area (Å²) in [4.78, 5) is 4.18. The predicted molar refractivity (Wildman–Crippen MR) is 67.8 cm³/mol. The van der Waals surface area contributed by atoms with Gasteiger partial charge in [-0.1, -0.05) is 36.4 Å². The quantitative estimate of drug-likeness (QED) is 0.853. The first-order chi connectivity index (χ1) is 8.38. The molecule has 2 rings (SSSR count). The Kier molecular flexibility index (Phi) is 4.11. The molecule has 0 aliphatic heterocycles. The lowest BCUT2D eigenvalue weighted by Crippen LogP contribution is -2.03. The van der Waals surface area contributed by atoms with Gasteiger partial charge in [0.1, 0.15) is 0 Å². The number of benzene rings is 1. The fraction of sp³-hybridized carbons (Fsp3) is 0.214. The monoisotopic (exact) mass is 228 g/mol. The molecule has 1 heterocycles. The van der Waals surface area contributed by atoms with Crippen LogP contribution in [-0.4, -0.2) is 11.6 Å². The van der Waals surface area contributed by atoms with Crippen molar-refractivity contribution in [1.82, 2.24) is 4.98 Å². The van der Waals surface area contributed by atoms with Crippen LogP contribution in [-0.2, 0) is 13.0 Å². The van der Waals surface area contributed by atoms with Crippen LogP contribution in [0.3, 0.4) is 0 Å². The number of nitrogens with zero attached hydrogens (tertiary/aromatic N) is 1. The van der Waals surface area contributed by atoms with Gasteiger partial charge in [-0.3, -0.25) is 0 Å². The van der Waals surface area contributed by atoms with Crippen molar-refractivity contribution in [1.29, 1.82) is 0 Å². The van der Waals surface area contributed by atoms with Crippen molar-refractivity contribution in [2.75, 3.05) is 6.61 Å². The lowest BCUT2D eigenvalue weighted by molar-refractivity contribution is 0.309. The van der Waals surface area contributed by atoms with Gasteiger partial charge in [-0.2, -0.15) is 0 Å². The average molecular weight is 228 g/mol. The SMILES string of the molecule is NCc1ccc(OCCc2ccccc2)nc1. The summed E-state index contributed by atoms with van der Waals surface area (Å²) in [6, 6.07) is 14.0. The summed E-state index contributed by atoms with van der Waals surface area (Å²) in [5.41, 5.74) is 7.78. The average Bonchev–Trinajstić information content (AvgIpc) is 2.41. The Balaban J connectivity index is 1.82. The highest BCUT2D eigenvalue weighted by Crippen LogP contribution is 2.08. The molecule has 0 aliphatic carbocycles. The third kappa shape index (κ3) is 3.57. The van der Waals surface area contributed by atoms with Crippen LogP contribution in [0.5, 0.6) is 5.88 Å². The molecular formula is C14H16N2O. The molecule has 0 spiro atoms. The van der Waals surface area contributed by atoms with Crippen LogP contribution in [0.15, 0.2) is 48.7 Å². The molecular weight excluding hydrogens is 212 g/mol. The minimum atomic E-state index is 0.511. The van der Waals surface area contributed by atoms with Gasteiger partial charge in [0, 0.05) is 25.2 Å². The van der Waals surface area contributed by atoms with Gasteiger partial charge in [0.05, 0.1) is 6.61 Å². The van der Waals surface area contributed by atoms with E-state index in [0.717, 1.165) is 12.0 Å². The lowest BCUT2D eigenvalue weighted by Gasteiger charge is -2.05. The van der Waals surface area contributed by atoms with Crippen molar-refractivity contribution >= 4 is 0 Å². The van der Waals surface area contributed by atoms with Gasteiger partial charge < -0.3 is 10.5 Å². The molecule has 0 amide bonds. The predicted octanol–water partition coefficient (Wildman–Crippen LogP) is 2.16. The minimum absolute atomic E-state index is 0.511. The zero-order valence-corrected chi connectivity index (χ0v) is 9.67. The summed E-state index contributed by atoms with van der Waals surface area (Å²) in [5, 5.41) is 0. The first-order valence-electron chi connectivity index (χ1n) is 5.70. The van der Waals surface area contributed by atoms with Gasteiger partial charge in [-0.05, 0) is 11.1 Å². The molecule has 1 aromatic heterocycles. The van der Waals surface area contributed by atoms with Crippen molar-refractivity contribution in [3.63, 3.8) is 0 Å². The summed E-state index contributed by atoms with van der Waals surface area (Å²) in [6.45, 7) is 1.15. The van der Waals surface area contributed by atoms with E-state index in [9.17, 15) is 0 Å². The van der Waals surface area contributed by atoms with Crippen LogP contribution >= 0.6 is 0 Å². The molecule has 0 saturated heterocycles. The molecule has 1 aromatic carbocycles. The molecule has 0 fully saturated rings. The van der Waals surface area contributed by atoms with Crippen LogP contribution in [0.25, 0.3) is 0 Å². The summed E-state index contributed by atoms with van der Waals surface area (Å²) >= 11 is 0. The third-order valence-corrected chi connectivity index (χ3v) is 2.52. The fourth-order valence-corrected chi connectivity index (χ4v) is 1.54. The van der Waals surface area contributed by atoms with Crippen molar-refractivity contribution in [2.45, 2.75) is 13.0 Å². The normalized spacial score (nSPS) is 10.2.